The van der Waals surface area contributed by atoms with E-state index in [1.165, 1.54) is 4.90 Å². The molecule has 0 spiro atoms. The van der Waals surface area contributed by atoms with E-state index in [0.29, 0.717) is 10.6 Å². The molecular formula is C15H13ClN2S. The zero-order valence-corrected chi connectivity index (χ0v) is 11.8. The van der Waals surface area contributed by atoms with Gasteiger partial charge in [-0.05, 0) is 30.3 Å². The largest absolute Gasteiger partial charge is 0.383 e. The molecule has 0 bridgehead atoms. The Morgan fingerprint density at radius 1 is 1.16 bits per heavy atom. The van der Waals surface area contributed by atoms with Crippen molar-refractivity contribution in [1.82, 2.24) is 0 Å². The van der Waals surface area contributed by atoms with Crippen LogP contribution < -0.4 is 5.32 Å². The van der Waals surface area contributed by atoms with Crippen molar-refractivity contribution in [2.75, 3.05) is 17.6 Å². The minimum Gasteiger partial charge on any atom is -0.383 e. The molecule has 2 aromatic carbocycles. The predicted molar refractivity (Wildman–Crippen MR) is 81.8 cm³/mol. The third-order valence-electron chi connectivity index (χ3n) is 2.53. The Labute approximate surface area is 122 Å². The van der Waals surface area contributed by atoms with E-state index in [1.807, 2.05) is 18.2 Å². The molecular weight excluding hydrogens is 276 g/mol. The lowest BCUT2D eigenvalue weighted by atomic mass is 10.2. The van der Waals surface area contributed by atoms with E-state index in [0.717, 1.165) is 18.0 Å². The van der Waals surface area contributed by atoms with E-state index >= 15 is 0 Å². The van der Waals surface area contributed by atoms with E-state index in [1.54, 1.807) is 30.0 Å². The van der Waals surface area contributed by atoms with Crippen molar-refractivity contribution in [3.05, 3.63) is 59.1 Å². The standard InChI is InChI=1S/C15H13ClN2S/c16-13-7-6-12(11-17)15(10-13)18-8-9-19-14-4-2-1-3-5-14/h1-7,10,18H,8-9H2. The molecule has 0 fully saturated rings. The van der Waals surface area contributed by atoms with Gasteiger partial charge in [0.25, 0.3) is 0 Å². The Hall–Kier alpha value is -1.63. The summed E-state index contributed by atoms with van der Waals surface area (Å²) in [6.45, 7) is 0.786. The van der Waals surface area contributed by atoms with Crippen LogP contribution in [0, 0.1) is 11.3 Å². The molecule has 0 aliphatic rings. The van der Waals surface area contributed by atoms with Crippen LogP contribution in [0.3, 0.4) is 0 Å². The molecule has 2 nitrogen and oxygen atoms in total. The molecule has 0 amide bonds. The van der Waals surface area contributed by atoms with Gasteiger partial charge in [-0.2, -0.15) is 5.26 Å². The Bertz CT molecular complexity index is 578. The maximum absolute atomic E-state index is 9.01. The molecule has 96 valence electrons. The fraction of sp³-hybridized carbons (Fsp3) is 0.133. The van der Waals surface area contributed by atoms with Gasteiger partial charge in [0.1, 0.15) is 6.07 Å². The van der Waals surface area contributed by atoms with Gasteiger partial charge < -0.3 is 5.32 Å². The van der Waals surface area contributed by atoms with Gasteiger partial charge in [0.05, 0.1) is 11.3 Å². The van der Waals surface area contributed by atoms with Gasteiger partial charge in [-0.15, -0.1) is 11.8 Å². The molecule has 0 saturated carbocycles. The van der Waals surface area contributed by atoms with Crippen LogP contribution in [-0.2, 0) is 0 Å². The highest BCUT2D eigenvalue weighted by Crippen LogP contribution is 2.21. The molecule has 0 aliphatic carbocycles. The number of nitriles is 1. The van der Waals surface area contributed by atoms with Gasteiger partial charge in [0, 0.05) is 22.2 Å². The summed E-state index contributed by atoms with van der Waals surface area (Å²) in [6.07, 6.45) is 0. The number of anilines is 1. The van der Waals surface area contributed by atoms with Gasteiger partial charge in [-0.25, -0.2) is 0 Å². The van der Waals surface area contributed by atoms with E-state index in [2.05, 4.69) is 23.5 Å². The Morgan fingerprint density at radius 2 is 1.95 bits per heavy atom. The molecule has 1 N–H and O–H groups in total. The average Bonchev–Trinajstić information content (AvgIpc) is 2.45. The van der Waals surface area contributed by atoms with Crippen molar-refractivity contribution in [2.24, 2.45) is 0 Å². The fourth-order valence-electron chi connectivity index (χ4n) is 1.63. The van der Waals surface area contributed by atoms with Crippen LogP contribution in [0.15, 0.2) is 53.4 Å². The summed E-state index contributed by atoms with van der Waals surface area (Å²) in [5.41, 5.74) is 1.41. The molecule has 0 saturated heterocycles. The third kappa shape index (κ3) is 4.20. The van der Waals surface area contributed by atoms with Gasteiger partial charge in [0.15, 0.2) is 0 Å². The summed E-state index contributed by atoms with van der Waals surface area (Å²) in [6, 6.07) is 17.6. The van der Waals surface area contributed by atoms with E-state index in [-0.39, 0.29) is 0 Å². The molecule has 2 aromatic rings. The maximum Gasteiger partial charge on any atom is 0.101 e. The fourth-order valence-corrected chi connectivity index (χ4v) is 2.59. The van der Waals surface area contributed by atoms with E-state index < -0.39 is 0 Å². The van der Waals surface area contributed by atoms with E-state index in [4.69, 9.17) is 16.9 Å². The van der Waals surface area contributed by atoms with Gasteiger partial charge in [-0.3, -0.25) is 0 Å². The predicted octanol–water partition coefficient (Wildman–Crippen LogP) is 4.42. The first-order valence-corrected chi connectivity index (χ1v) is 7.27. The molecule has 2 rings (SSSR count). The summed E-state index contributed by atoms with van der Waals surface area (Å²) in [5, 5.41) is 12.9. The van der Waals surface area contributed by atoms with Crippen molar-refractivity contribution in [3.8, 4) is 6.07 Å². The normalized spacial score (nSPS) is 9.89. The number of hydrogen-bond donors (Lipinski definition) is 1. The number of thioether (sulfide) groups is 1. The van der Waals surface area contributed by atoms with Crippen LogP contribution >= 0.6 is 23.4 Å². The first-order valence-electron chi connectivity index (χ1n) is 5.91. The highest BCUT2D eigenvalue weighted by atomic mass is 35.5. The van der Waals surface area contributed by atoms with Gasteiger partial charge >= 0.3 is 0 Å². The van der Waals surface area contributed by atoms with Crippen LogP contribution in [0.2, 0.25) is 5.02 Å². The first-order chi connectivity index (χ1) is 9.29. The maximum atomic E-state index is 9.01. The van der Waals surface area contributed by atoms with Crippen LogP contribution in [0.25, 0.3) is 0 Å². The lowest BCUT2D eigenvalue weighted by Gasteiger charge is -2.08. The lowest BCUT2D eigenvalue weighted by Crippen LogP contribution is -2.05. The Morgan fingerprint density at radius 3 is 2.68 bits per heavy atom. The van der Waals surface area contributed by atoms with Crippen LogP contribution in [0.1, 0.15) is 5.56 Å². The third-order valence-corrected chi connectivity index (χ3v) is 3.78. The number of rotatable bonds is 5. The monoisotopic (exact) mass is 288 g/mol. The van der Waals surface area contributed by atoms with Crippen LogP contribution in [0.4, 0.5) is 5.69 Å². The Kier molecular flexibility index (Phi) is 5.14. The second-order valence-corrected chi connectivity index (χ2v) is 5.49. The van der Waals surface area contributed by atoms with Crippen LogP contribution in [0.5, 0.6) is 0 Å². The minimum atomic E-state index is 0.620. The van der Waals surface area contributed by atoms with E-state index in [9.17, 15) is 0 Å². The SMILES string of the molecule is N#Cc1ccc(Cl)cc1NCCSc1ccccc1. The van der Waals surface area contributed by atoms with Crippen molar-refractivity contribution in [3.63, 3.8) is 0 Å². The molecule has 4 heteroatoms. The molecule has 0 aromatic heterocycles. The van der Waals surface area contributed by atoms with Crippen molar-refractivity contribution in [1.29, 1.82) is 5.26 Å². The number of nitrogens with zero attached hydrogens (tertiary/aromatic N) is 1. The first kappa shape index (κ1) is 13.8. The zero-order valence-electron chi connectivity index (χ0n) is 10.3. The summed E-state index contributed by atoms with van der Waals surface area (Å²) in [4.78, 5) is 1.25. The molecule has 19 heavy (non-hydrogen) atoms. The minimum absolute atomic E-state index is 0.620. The van der Waals surface area contributed by atoms with Crippen molar-refractivity contribution < 1.29 is 0 Å². The van der Waals surface area contributed by atoms with Gasteiger partial charge in [0.2, 0.25) is 0 Å². The molecule has 0 heterocycles. The molecule has 0 atom stereocenters. The number of nitrogens with one attached hydrogen (secondary N) is 1. The summed E-state index contributed by atoms with van der Waals surface area (Å²) < 4.78 is 0. The lowest BCUT2D eigenvalue weighted by molar-refractivity contribution is 1.22. The second kappa shape index (κ2) is 7.08. The summed E-state index contributed by atoms with van der Waals surface area (Å²) >= 11 is 7.71. The highest BCUT2D eigenvalue weighted by molar-refractivity contribution is 7.99. The smallest absolute Gasteiger partial charge is 0.101 e. The number of halogens is 1. The number of hydrogen-bond acceptors (Lipinski definition) is 3. The van der Waals surface area contributed by atoms with Crippen molar-refractivity contribution in [2.45, 2.75) is 4.90 Å². The summed E-state index contributed by atoms with van der Waals surface area (Å²) in [5.74, 6) is 0.932. The molecule has 0 aliphatic heterocycles. The van der Waals surface area contributed by atoms with Crippen molar-refractivity contribution >= 4 is 29.1 Å². The summed E-state index contributed by atoms with van der Waals surface area (Å²) in [7, 11) is 0. The second-order valence-electron chi connectivity index (χ2n) is 3.89. The Balaban J connectivity index is 1.86. The highest BCUT2D eigenvalue weighted by Gasteiger charge is 2.02. The quantitative estimate of drug-likeness (QED) is 0.654. The van der Waals surface area contributed by atoms with Gasteiger partial charge in [-0.1, -0.05) is 29.8 Å². The molecule has 0 radical (unpaired) electrons. The molecule has 0 unspecified atom stereocenters. The topological polar surface area (TPSA) is 35.8 Å². The average molecular weight is 289 g/mol. The zero-order chi connectivity index (χ0) is 13.5. The van der Waals surface area contributed by atoms with Crippen LogP contribution in [-0.4, -0.2) is 12.3 Å². The number of benzene rings is 2.